The highest BCUT2D eigenvalue weighted by molar-refractivity contribution is 14.0. The Kier molecular flexibility index (Phi) is 10.9. The van der Waals surface area contributed by atoms with E-state index in [9.17, 15) is 4.79 Å². The average Bonchev–Trinajstić information content (AvgIpc) is 3.13. The highest BCUT2D eigenvalue weighted by Gasteiger charge is 2.20. The molecule has 2 fully saturated rings. The zero-order valence-corrected chi connectivity index (χ0v) is 20.9. The van der Waals surface area contributed by atoms with E-state index in [0.29, 0.717) is 19.0 Å². The van der Waals surface area contributed by atoms with E-state index in [0.717, 1.165) is 32.0 Å². The number of hydrogen-bond donors (Lipinski definition) is 2. The van der Waals surface area contributed by atoms with Crippen LogP contribution in [-0.4, -0.2) is 60.4 Å². The number of hydrogen-bond acceptors (Lipinski definition) is 3. The van der Waals surface area contributed by atoms with Crippen LogP contribution in [0.2, 0.25) is 0 Å². The standard InChI is InChI=1S/C23H37N5O.HI/c1-3-13-27-15-11-21(12-16-27)26-23(24-4-2)25-17-19-7-9-20(10-8-19)18-28-14-5-6-22(28)29;/h7-10,21H,3-6,11-18H2,1-2H3,(H2,24,25,26);1H. The van der Waals surface area contributed by atoms with Gasteiger partial charge in [-0.2, -0.15) is 0 Å². The summed E-state index contributed by atoms with van der Waals surface area (Å²) in [5.41, 5.74) is 2.38. The molecule has 2 aliphatic heterocycles. The molecule has 0 aromatic heterocycles. The molecule has 30 heavy (non-hydrogen) atoms. The van der Waals surface area contributed by atoms with Crippen LogP contribution in [0.15, 0.2) is 29.3 Å². The summed E-state index contributed by atoms with van der Waals surface area (Å²) in [5, 5.41) is 7.00. The second kappa shape index (κ2) is 13.1. The highest BCUT2D eigenvalue weighted by atomic mass is 127. The smallest absolute Gasteiger partial charge is 0.222 e. The molecule has 7 heteroatoms. The van der Waals surface area contributed by atoms with Crippen LogP contribution in [0.1, 0.15) is 57.1 Å². The largest absolute Gasteiger partial charge is 0.357 e. The van der Waals surface area contributed by atoms with Crippen LogP contribution in [-0.2, 0) is 17.9 Å². The molecule has 1 aromatic carbocycles. The Balaban J connectivity index is 0.00000320. The monoisotopic (exact) mass is 527 g/mol. The van der Waals surface area contributed by atoms with E-state index in [1.165, 1.54) is 50.0 Å². The Labute approximate surface area is 198 Å². The third-order valence-corrected chi connectivity index (χ3v) is 5.80. The fraction of sp³-hybridized carbons (Fsp3) is 0.652. The lowest BCUT2D eigenvalue weighted by atomic mass is 10.1. The molecule has 3 rings (SSSR count). The molecule has 168 valence electrons. The summed E-state index contributed by atoms with van der Waals surface area (Å²) in [7, 11) is 0. The van der Waals surface area contributed by atoms with Gasteiger partial charge in [0.25, 0.3) is 0 Å². The van der Waals surface area contributed by atoms with Crippen molar-refractivity contribution >= 4 is 35.8 Å². The summed E-state index contributed by atoms with van der Waals surface area (Å²) in [4.78, 5) is 21.1. The van der Waals surface area contributed by atoms with Gasteiger partial charge in [-0.3, -0.25) is 4.79 Å². The fourth-order valence-corrected chi connectivity index (χ4v) is 4.14. The van der Waals surface area contributed by atoms with Gasteiger partial charge in [-0.1, -0.05) is 31.2 Å². The second-order valence-electron chi connectivity index (χ2n) is 8.19. The number of benzene rings is 1. The number of amides is 1. The van der Waals surface area contributed by atoms with Crippen LogP contribution in [0.5, 0.6) is 0 Å². The molecule has 1 amide bonds. The van der Waals surface area contributed by atoms with Crippen molar-refractivity contribution < 1.29 is 4.79 Å². The number of likely N-dealkylation sites (tertiary alicyclic amines) is 2. The molecular weight excluding hydrogens is 489 g/mol. The van der Waals surface area contributed by atoms with E-state index in [1.54, 1.807) is 0 Å². The quantitative estimate of drug-likeness (QED) is 0.309. The molecular formula is C23H38IN5O. The zero-order chi connectivity index (χ0) is 20.5. The molecule has 0 aliphatic carbocycles. The number of piperidine rings is 1. The number of halogens is 1. The molecule has 2 N–H and O–H groups in total. The number of guanidine groups is 1. The minimum Gasteiger partial charge on any atom is -0.357 e. The van der Waals surface area contributed by atoms with Gasteiger partial charge in [0, 0.05) is 45.2 Å². The zero-order valence-electron chi connectivity index (χ0n) is 18.5. The number of carbonyl (C=O) groups excluding carboxylic acids is 1. The van der Waals surface area contributed by atoms with E-state index < -0.39 is 0 Å². The Morgan fingerprint density at radius 2 is 1.80 bits per heavy atom. The second-order valence-corrected chi connectivity index (χ2v) is 8.19. The lowest BCUT2D eigenvalue weighted by Crippen LogP contribution is -2.48. The van der Waals surface area contributed by atoms with Crippen molar-refractivity contribution in [1.29, 1.82) is 0 Å². The van der Waals surface area contributed by atoms with Gasteiger partial charge < -0.3 is 20.4 Å². The summed E-state index contributed by atoms with van der Waals surface area (Å²) in [6, 6.07) is 9.01. The van der Waals surface area contributed by atoms with E-state index >= 15 is 0 Å². The molecule has 0 atom stereocenters. The van der Waals surface area contributed by atoms with Crippen molar-refractivity contribution in [1.82, 2.24) is 20.4 Å². The van der Waals surface area contributed by atoms with Gasteiger partial charge in [-0.15, -0.1) is 24.0 Å². The van der Waals surface area contributed by atoms with Gasteiger partial charge >= 0.3 is 0 Å². The van der Waals surface area contributed by atoms with Crippen LogP contribution in [0.3, 0.4) is 0 Å². The average molecular weight is 527 g/mol. The number of aliphatic imine (C=N–C) groups is 1. The van der Waals surface area contributed by atoms with Gasteiger partial charge in [-0.25, -0.2) is 4.99 Å². The van der Waals surface area contributed by atoms with E-state index in [2.05, 4.69) is 53.6 Å². The predicted molar refractivity (Wildman–Crippen MR) is 134 cm³/mol. The molecule has 0 unspecified atom stereocenters. The molecule has 6 nitrogen and oxygen atoms in total. The van der Waals surface area contributed by atoms with E-state index in [4.69, 9.17) is 4.99 Å². The lowest BCUT2D eigenvalue weighted by Gasteiger charge is -2.32. The third kappa shape index (κ3) is 7.72. The van der Waals surface area contributed by atoms with Crippen molar-refractivity contribution in [3.8, 4) is 0 Å². The first-order valence-corrected chi connectivity index (χ1v) is 11.3. The van der Waals surface area contributed by atoms with Gasteiger partial charge in [0.05, 0.1) is 6.54 Å². The van der Waals surface area contributed by atoms with Crippen LogP contribution < -0.4 is 10.6 Å². The first-order chi connectivity index (χ1) is 14.2. The van der Waals surface area contributed by atoms with Crippen LogP contribution >= 0.6 is 24.0 Å². The molecule has 0 saturated carbocycles. The predicted octanol–water partition coefficient (Wildman–Crippen LogP) is 3.36. The Bertz CT molecular complexity index is 671. The van der Waals surface area contributed by atoms with Crippen LogP contribution in [0, 0.1) is 0 Å². The van der Waals surface area contributed by atoms with Crippen molar-refractivity contribution in [2.24, 2.45) is 4.99 Å². The Hall–Kier alpha value is -1.35. The summed E-state index contributed by atoms with van der Waals surface area (Å²) in [6.07, 6.45) is 5.27. The van der Waals surface area contributed by atoms with E-state index in [-0.39, 0.29) is 29.9 Å². The first-order valence-electron chi connectivity index (χ1n) is 11.3. The maximum absolute atomic E-state index is 11.8. The van der Waals surface area contributed by atoms with Crippen LogP contribution in [0.25, 0.3) is 0 Å². The molecule has 0 spiro atoms. The number of nitrogens with zero attached hydrogens (tertiary/aromatic N) is 3. The molecule has 2 saturated heterocycles. The molecule has 0 bridgehead atoms. The number of rotatable bonds is 8. The van der Waals surface area contributed by atoms with Crippen molar-refractivity contribution in [3.05, 3.63) is 35.4 Å². The molecule has 2 heterocycles. The normalized spacial score (nSPS) is 18.4. The van der Waals surface area contributed by atoms with Crippen LogP contribution in [0.4, 0.5) is 0 Å². The minimum absolute atomic E-state index is 0. The summed E-state index contributed by atoms with van der Waals surface area (Å²) in [6.45, 7) is 11.0. The number of carbonyl (C=O) groups is 1. The van der Waals surface area contributed by atoms with Gasteiger partial charge in [-0.05, 0) is 50.3 Å². The molecule has 2 aliphatic rings. The maximum atomic E-state index is 11.8. The van der Waals surface area contributed by atoms with E-state index in [1.807, 2.05) is 4.90 Å². The maximum Gasteiger partial charge on any atom is 0.222 e. The summed E-state index contributed by atoms with van der Waals surface area (Å²) >= 11 is 0. The topological polar surface area (TPSA) is 60.0 Å². The Morgan fingerprint density at radius 3 is 2.40 bits per heavy atom. The Morgan fingerprint density at radius 1 is 1.10 bits per heavy atom. The highest BCUT2D eigenvalue weighted by Crippen LogP contribution is 2.15. The van der Waals surface area contributed by atoms with Crippen molar-refractivity contribution in [2.75, 3.05) is 32.7 Å². The fourth-order valence-electron chi connectivity index (χ4n) is 4.14. The van der Waals surface area contributed by atoms with Gasteiger partial charge in [0.15, 0.2) is 5.96 Å². The van der Waals surface area contributed by atoms with Crippen molar-refractivity contribution in [2.45, 2.75) is 65.1 Å². The molecule has 0 radical (unpaired) electrons. The first kappa shape index (κ1) is 24.9. The van der Waals surface area contributed by atoms with Gasteiger partial charge in [0.2, 0.25) is 5.91 Å². The van der Waals surface area contributed by atoms with Crippen molar-refractivity contribution in [3.63, 3.8) is 0 Å². The van der Waals surface area contributed by atoms with Gasteiger partial charge in [0.1, 0.15) is 0 Å². The lowest BCUT2D eigenvalue weighted by molar-refractivity contribution is -0.128. The summed E-state index contributed by atoms with van der Waals surface area (Å²) < 4.78 is 0. The minimum atomic E-state index is 0. The summed E-state index contributed by atoms with van der Waals surface area (Å²) in [5.74, 6) is 1.19. The molecule has 1 aromatic rings. The SMILES string of the molecule is CCCN1CCC(NC(=NCc2ccc(CN3CCCC3=O)cc2)NCC)CC1.I. The number of nitrogens with one attached hydrogen (secondary N) is 2. The third-order valence-electron chi connectivity index (χ3n) is 5.80.